The van der Waals surface area contributed by atoms with Crippen LogP contribution >= 0.6 is 0 Å². The van der Waals surface area contributed by atoms with Crippen molar-refractivity contribution >= 4 is 5.91 Å². The standard InChI is InChI=1S/C31H52N2O3/c1-19-9-14-31(35-18-19)20(2)28-26(36-31)16-25-23-8-7-21-15-22(32-27(34)17-33(5)6)10-12-29(21,3)24(23)11-13-30(25,28)4/h19-26,28H,7-18H2,1-6H3,(H,32,34)/t19-,20+,21-,22-,23-,24+,25+,26+,28+,29+,30+,31-/m1/s1. The van der Waals surface area contributed by atoms with Crippen LogP contribution in [0.5, 0.6) is 0 Å². The maximum Gasteiger partial charge on any atom is 0.234 e. The van der Waals surface area contributed by atoms with Crippen molar-refractivity contribution in [2.45, 2.75) is 110 Å². The molecule has 1 N–H and O–H groups in total. The van der Waals surface area contributed by atoms with E-state index in [2.05, 4.69) is 33.0 Å². The molecular formula is C31H52N2O3. The zero-order valence-corrected chi connectivity index (χ0v) is 23.9. The molecule has 2 aliphatic heterocycles. The summed E-state index contributed by atoms with van der Waals surface area (Å²) in [4.78, 5) is 14.4. The first-order valence-electron chi connectivity index (χ1n) is 15.3. The first-order chi connectivity index (χ1) is 17.1. The summed E-state index contributed by atoms with van der Waals surface area (Å²) in [5.41, 5.74) is 0.850. The van der Waals surface area contributed by atoms with E-state index < -0.39 is 0 Å². The number of ether oxygens (including phenoxy) is 2. The van der Waals surface area contributed by atoms with Gasteiger partial charge in [0.2, 0.25) is 5.91 Å². The molecule has 0 bridgehead atoms. The molecule has 0 radical (unpaired) electrons. The van der Waals surface area contributed by atoms with Crippen molar-refractivity contribution in [2.24, 2.45) is 52.3 Å². The minimum Gasteiger partial charge on any atom is -0.352 e. The Hall–Kier alpha value is -0.650. The number of hydrogen-bond acceptors (Lipinski definition) is 4. The van der Waals surface area contributed by atoms with Gasteiger partial charge in [-0.3, -0.25) is 4.79 Å². The summed E-state index contributed by atoms with van der Waals surface area (Å²) >= 11 is 0. The third-order valence-corrected chi connectivity index (χ3v) is 12.8. The van der Waals surface area contributed by atoms with Gasteiger partial charge in [-0.05, 0) is 118 Å². The summed E-state index contributed by atoms with van der Waals surface area (Å²) in [7, 11) is 3.95. The molecule has 0 aromatic carbocycles. The van der Waals surface area contributed by atoms with Crippen LogP contribution in [-0.4, -0.2) is 56.0 Å². The van der Waals surface area contributed by atoms with Gasteiger partial charge in [-0.25, -0.2) is 0 Å². The molecule has 6 rings (SSSR count). The molecule has 4 aliphatic carbocycles. The van der Waals surface area contributed by atoms with Crippen LogP contribution in [0.15, 0.2) is 0 Å². The van der Waals surface area contributed by atoms with Crippen molar-refractivity contribution in [2.75, 3.05) is 27.2 Å². The summed E-state index contributed by atoms with van der Waals surface area (Å²) in [6.45, 7) is 11.4. The minimum atomic E-state index is -0.300. The van der Waals surface area contributed by atoms with Crippen LogP contribution in [-0.2, 0) is 14.3 Å². The summed E-state index contributed by atoms with van der Waals surface area (Å²) < 4.78 is 13.5. The van der Waals surface area contributed by atoms with Crippen LogP contribution < -0.4 is 5.32 Å². The molecule has 5 heteroatoms. The highest BCUT2D eigenvalue weighted by Crippen LogP contribution is 2.71. The molecule has 5 nitrogen and oxygen atoms in total. The fourth-order valence-corrected chi connectivity index (χ4v) is 11.0. The van der Waals surface area contributed by atoms with E-state index in [9.17, 15) is 4.79 Å². The van der Waals surface area contributed by atoms with Gasteiger partial charge >= 0.3 is 0 Å². The van der Waals surface area contributed by atoms with Crippen LogP contribution in [0.2, 0.25) is 0 Å². The van der Waals surface area contributed by atoms with E-state index in [4.69, 9.17) is 9.47 Å². The van der Waals surface area contributed by atoms with Crippen molar-refractivity contribution in [3.63, 3.8) is 0 Å². The quantitative estimate of drug-likeness (QED) is 0.558. The third-order valence-electron chi connectivity index (χ3n) is 12.8. The Kier molecular flexibility index (Phi) is 6.37. The molecule has 2 heterocycles. The molecule has 6 fully saturated rings. The Balaban J connectivity index is 1.15. The number of rotatable bonds is 3. The molecule has 1 amide bonds. The van der Waals surface area contributed by atoms with Crippen LogP contribution in [0.1, 0.15) is 91.9 Å². The highest BCUT2D eigenvalue weighted by molar-refractivity contribution is 5.78. The number of nitrogens with zero attached hydrogens (tertiary/aromatic N) is 1. The third kappa shape index (κ3) is 3.84. The number of amides is 1. The number of carbonyl (C=O) groups excluding carboxylic acids is 1. The highest BCUT2D eigenvalue weighted by atomic mass is 16.7. The van der Waals surface area contributed by atoms with Crippen LogP contribution in [0.25, 0.3) is 0 Å². The molecule has 0 unspecified atom stereocenters. The largest absolute Gasteiger partial charge is 0.352 e. The lowest BCUT2D eigenvalue weighted by Gasteiger charge is -2.61. The van der Waals surface area contributed by atoms with Crippen molar-refractivity contribution in [3.05, 3.63) is 0 Å². The second-order valence-electron chi connectivity index (χ2n) is 15.0. The Bertz CT molecular complexity index is 853. The lowest BCUT2D eigenvalue weighted by Crippen LogP contribution is -2.56. The summed E-state index contributed by atoms with van der Waals surface area (Å²) in [5.74, 6) is 5.00. The number of hydrogen-bond donors (Lipinski definition) is 1. The maximum absolute atomic E-state index is 12.4. The average molecular weight is 501 g/mol. The Morgan fingerprint density at radius 1 is 0.944 bits per heavy atom. The zero-order chi connectivity index (χ0) is 25.5. The van der Waals surface area contributed by atoms with Gasteiger partial charge < -0.3 is 19.7 Å². The molecule has 204 valence electrons. The van der Waals surface area contributed by atoms with Gasteiger partial charge in [-0.2, -0.15) is 0 Å². The summed E-state index contributed by atoms with van der Waals surface area (Å²) in [6, 6.07) is 0.371. The topological polar surface area (TPSA) is 50.8 Å². The van der Waals surface area contributed by atoms with Gasteiger partial charge in [0.1, 0.15) is 0 Å². The highest BCUT2D eigenvalue weighted by Gasteiger charge is 2.69. The molecule has 12 atom stereocenters. The molecule has 0 aromatic rings. The molecule has 6 aliphatic rings. The zero-order valence-electron chi connectivity index (χ0n) is 23.9. The smallest absolute Gasteiger partial charge is 0.234 e. The molecule has 36 heavy (non-hydrogen) atoms. The first kappa shape index (κ1) is 25.6. The number of fused-ring (bicyclic) bond motifs is 7. The average Bonchev–Trinajstić information content (AvgIpc) is 3.26. The lowest BCUT2D eigenvalue weighted by atomic mass is 9.44. The summed E-state index contributed by atoms with van der Waals surface area (Å²) in [6.07, 6.45) is 13.1. The second-order valence-corrected chi connectivity index (χ2v) is 15.0. The predicted octanol–water partition coefficient (Wildman–Crippen LogP) is 5.48. The lowest BCUT2D eigenvalue weighted by molar-refractivity contribution is -0.273. The normalized spacial score (nSPS) is 54.0. The minimum absolute atomic E-state index is 0.191. The van der Waals surface area contributed by atoms with Gasteiger partial charge in [0.15, 0.2) is 5.79 Å². The van der Waals surface area contributed by atoms with E-state index in [-0.39, 0.29) is 11.7 Å². The van der Waals surface area contributed by atoms with Gasteiger partial charge in [-0.1, -0.05) is 27.7 Å². The number of likely N-dealkylation sites (N-methyl/N-ethyl adjacent to an activating group) is 1. The van der Waals surface area contributed by atoms with E-state index in [1.807, 2.05) is 19.0 Å². The Labute approximate surface area is 219 Å². The first-order valence-corrected chi connectivity index (χ1v) is 15.3. The van der Waals surface area contributed by atoms with Gasteiger partial charge in [0.05, 0.1) is 19.3 Å². The van der Waals surface area contributed by atoms with E-state index in [0.717, 1.165) is 43.1 Å². The van der Waals surface area contributed by atoms with Crippen molar-refractivity contribution in [1.29, 1.82) is 0 Å². The second kappa shape index (κ2) is 8.95. The van der Waals surface area contributed by atoms with Gasteiger partial charge in [0, 0.05) is 18.4 Å². The van der Waals surface area contributed by atoms with Crippen molar-refractivity contribution < 1.29 is 14.3 Å². The van der Waals surface area contributed by atoms with Crippen molar-refractivity contribution in [3.8, 4) is 0 Å². The monoisotopic (exact) mass is 500 g/mol. The fourth-order valence-electron chi connectivity index (χ4n) is 11.0. The van der Waals surface area contributed by atoms with E-state index in [0.29, 0.717) is 47.3 Å². The fraction of sp³-hybridized carbons (Fsp3) is 0.968. The van der Waals surface area contributed by atoms with Crippen molar-refractivity contribution in [1.82, 2.24) is 10.2 Å². The molecule has 2 saturated heterocycles. The SMILES string of the molecule is C[C@@H]1CC[C@@]2(OC1)O[C@H]1C[C@H]3[C@@H]4CC[C@@H]5C[C@H](NC(=O)CN(C)C)CC[C@]5(C)[C@H]4CC[C@]3(C)[C@H]1[C@@H]2C. The number of nitrogens with one attached hydrogen (secondary N) is 1. The van der Waals surface area contributed by atoms with Crippen LogP contribution in [0, 0.1) is 52.3 Å². The molecule has 0 aromatic heterocycles. The molecule has 1 spiro atoms. The maximum atomic E-state index is 12.4. The van der Waals surface area contributed by atoms with E-state index in [1.54, 1.807) is 0 Å². The molecule has 4 saturated carbocycles. The van der Waals surface area contributed by atoms with Gasteiger partial charge in [0.25, 0.3) is 0 Å². The predicted molar refractivity (Wildman–Crippen MR) is 142 cm³/mol. The number of carbonyl (C=O) groups is 1. The van der Waals surface area contributed by atoms with Gasteiger partial charge in [-0.15, -0.1) is 0 Å². The van der Waals surface area contributed by atoms with E-state index >= 15 is 0 Å². The van der Waals surface area contributed by atoms with Crippen LogP contribution in [0.3, 0.4) is 0 Å². The molecular weight excluding hydrogens is 448 g/mol. The van der Waals surface area contributed by atoms with E-state index in [1.165, 1.54) is 51.4 Å². The Morgan fingerprint density at radius 3 is 2.44 bits per heavy atom. The summed E-state index contributed by atoms with van der Waals surface area (Å²) in [5, 5.41) is 3.37. The van der Waals surface area contributed by atoms with Crippen LogP contribution in [0.4, 0.5) is 0 Å². The Morgan fingerprint density at radius 2 is 1.72 bits per heavy atom.